The fourth-order valence-corrected chi connectivity index (χ4v) is 1.65. The average molecular weight is 228 g/mol. The Kier molecular flexibility index (Phi) is 4.74. The van der Waals surface area contributed by atoms with E-state index in [4.69, 9.17) is 5.14 Å². The van der Waals surface area contributed by atoms with Crippen LogP contribution in [0.4, 0.5) is 0 Å². The Hall–Kier alpha value is -0.910. The Bertz CT molecular complexity index is 376. The number of rotatable bonds is 6. The molecule has 0 atom stereocenters. The minimum absolute atomic E-state index is 0.0121. The molecule has 0 radical (unpaired) electrons. The molecule has 0 aliphatic rings. The van der Waals surface area contributed by atoms with Gasteiger partial charge in [0.05, 0.1) is 5.75 Å². The van der Waals surface area contributed by atoms with Crippen molar-refractivity contribution in [2.24, 2.45) is 5.14 Å². The molecule has 0 fully saturated rings. The molecule has 15 heavy (non-hydrogen) atoms. The monoisotopic (exact) mass is 228 g/mol. The molecular weight excluding hydrogens is 212 g/mol. The van der Waals surface area contributed by atoms with E-state index >= 15 is 0 Å². The predicted octanol–water partition coefficient (Wildman–Crippen LogP) is 0.107. The van der Waals surface area contributed by atoms with Crippen LogP contribution in [0, 0.1) is 0 Å². The quantitative estimate of drug-likeness (QED) is 0.679. The Labute approximate surface area is 90.5 Å². The molecule has 0 aromatic heterocycles. The number of nitrogens with two attached hydrogens (primary N) is 1. The van der Waals surface area contributed by atoms with E-state index in [1.165, 1.54) is 5.56 Å². The SMILES string of the molecule is NS(=O)(=O)CCNCCc1ccccc1. The van der Waals surface area contributed by atoms with Crippen molar-refractivity contribution in [3.63, 3.8) is 0 Å². The van der Waals surface area contributed by atoms with Crippen molar-refractivity contribution < 1.29 is 8.42 Å². The van der Waals surface area contributed by atoms with Crippen molar-refractivity contribution >= 4 is 10.0 Å². The number of hydrogen-bond donors (Lipinski definition) is 2. The van der Waals surface area contributed by atoms with Gasteiger partial charge in [-0.1, -0.05) is 30.3 Å². The van der Waals surface area contributed by atoms with Crippen molar-refractivity contribution in [1.29, 1.82) is 0 Å². The molecule has 5 heteroatoms. The van der Waals surface area contributed by atoms with Gasteiger partial charge in [0, 0.05) is 6.54 Å². The lowest BCUT2D eigenvalue weighted by Crippen LogP contribution is -2.28. The molecular formula is C10H16N2O2S. The summed E-state index contributed by atoms with van der Waals surface area (Å²) < 4.78 is 21.2. The molecule has 4 nitrogen and oxygen atoms in total. The fourth-order valence-electron chi connectivity index (χ4n) is 1.22. The van der Waals surface area contributed by atoms with Gasteiger partial charge in [0.1, 0.15) is 0 Å². The zero-order chi connectivity index (χ0) is 11.1. The topological polar surface area (TPSA) is 72.2 Å². The fraction of sp³-hybridized carbons (Fsp3) is 0.400. The molecule has 0 saturated carbocycles. The van der Waals surface area contributed by atoms with Crippen molar-refractivity contribution in [2.45, 2.75) is 6.42 Å². The van der Waals surface area contributed by atoms with E-state index in [-0.39, 0.29) is 5.75 Å². The van der Waals surface area contributed by atoms with Gasteiger partial charge in [-0.3, -0.25) is 0 Å². The minimum atomic E-state index is -3.33. The van der Waals surface area contributed by atoms with Crippen molar-refractivity contribution in [1.82, 2.24) is 5.32 Å². The number of primary sulfonamides is 1. The summed E-state index contributed by atoms with van der Waals surface area (Å²) in [5.74, 6) is -0.0121. The predicted molar refractivity (Wildman–Crippen MR) is 61.0 cm³/mol. The zero-order valence-corrected chi connectivity index (χ0v) is 9.33. The standard InChI is InChI=1S/C10H16N2O2S/c11-15(13,14)9-8-12-7-6-10-4-2-1-3-5-10/h1-5,12H,6-9H2,(H2,11,13,14). The first-order valence-corrected chi connectivity index (χ1v) is 6.54. The van der Waals surface area contributed by atoms with Crippen molar-refractivity contribution in [3.8, 4) is 0 Å². The first-order chi connectivity index (χ1) is 7.08. The third kappa shape index (κ3) is 6.22. The van der Waals surface area contributed by atoms with Gasteiger partial charge in [-0.15, -0.1) is 0 Å². The van der Waals surface area contributed by atoms with E-state index in [1.807, 2.05) is 30.3 Å². The lowest BCUT2D eigenvalue weighted by atomic mass is 10.1. The second kappa shape index (κ2) is 5.85. The summed E-state index contributed by atoms with van der Waals surface area (Å²) in [6, 6.07) is 10.0. The van der Waals surface area contributed by atoms with Crippen LogP contribution in [0.2, 0.25) is 0 Å². The number of benzene rings is 1. The van der Waals surface area contributed by atoms with Crippen LogP contribution in [0.3, 0.4) is 0 Å². The van der Waals surface area contributed by atoms with E-state index in [0.717, 1.165) is 13.0 Å². The largest absolute Gasteiger partial charge is 0.315 e. The van der Waals surface area contributed by atoms with Gasteiger partial charge in [-0.25, -0.2) is 13.6 Å². The zero-order valence-electron chi connectivity index (χ0n) is 8.52. The van der Waals surface area contributed by atoms with Gasteiger partial charge in [-0.2, -0.15) is 0 Å². The minimum Gasteiger partial charge on any atom is -0.315 e. The Morgan fingerprint density at radius 2 is 1.80 bits per heavy atom. The smallest absolute Gasteiger partial charge is 0.210 e. The van der Waals surface area contributed by atoms with E-state index in [2.05, 4.69) is 5.32 Å². The first kappa shape index (κ1) is 12.2. The van der Waals surface area contributed by atoms with Gasteiger partial charge in [0.2, 0.25) is 10.0 Å². The third-order valence-electron chi connectivity index (χ3n) is 2.00. The molecule has 0 saturated heterocycles. The summed E-state index contributed by atoms with van der Waals surface area (Å²) in [6.45, 7) is 1.17. The van der Waals surface area contributed by atoms with Crippen LogP contribution in [-0.2, 0) is 16.4 Å². The van der Waals surface area contributed by atoms with Gasteiger partial charge in [-0.05, 0) is 18.5 Å². The van der Waals surface area contributed by atoms with E-state index < -0.39 is 10.0 Å². The van der Waals surface area contributed by atoms with Gasteiger partial charge in [0.15, 0.2) is 0 Å². The summed E-state index contributed by atoms with van der Waals surface area (Å²) in [6.07, 6.45) is 0.894. The van der Waals surface area contributed by atoms with E-state index in [9.17, 15) is 8.42 Å². The maximum Gasteiger partial charge on any atom is 0.210 e. The lowest BCUT2D eigenvalue weighted by molar-refractivity contribution is 0.592. The maximum atomic E-state index is 10.6. The molecule has 0 spiro atoms. The van der Waals surface area contributed by atoms with Gasteiger partial charge >= 0.3 is 0 Å². The molecule has 0 amide bonds. The average Bonchev–Trinajstić information content (AvgIpc) is 2.17. The summed E-state index contributed by atoms with van der Waals surface area (Å²) in [5, 5.41) is 7.89. The number of hydrogen-bond acceptors (Lipinski definition) is 3. The van der Waals surface area contributed by atoms with Crippen LogP contribution in [0.15, 0.2) is 30.3 Å². The number of sulfonamides is 1. The molecule has 3 N–H and O–H groups in total. The second-order valence-corrected chi connectivity index (χ2v) is 5.09. The molecule has 1 aromatic rings. The summed E-state index contributed by atoms with van der Waals surface area (Å²) in [5.41, 5.74) is 1.24. The van der Waals surface area contributed by atoms with Gasteiger partial charge in [0.25, 0.3) is 0 Å². The van der Waals surface area contributed by atoms with Crippen LogP contribution < -0.4 is 10.5 Å². The highest BCUT2D eigenvalue weighted by Gasteiger charge is 2.00. The Morgan fingerprint density at radius 1 is 1.13 bits per heavy atom. The highest BCUT2D eigenvalue weighted by Crippen LogP contribution is 1.97. The van der Waals surface area contributed by atoms with Crippen LogP contribution in [0.25, 0.3) is 0 Å². The first-order valence-electron chi connectivity index (χ1n) is 4.83. The molecule has 84 valence electrons. The molecule has 1 rings (SSSR count). The van der Waals surface area contributed by atoms with Crippen molar-refractivity contribution in [3.05, 3.63) is 35.9 Å². The van der Waals surface area contributed by atoms with Crippen molar-refractivity contribution in [2.75, 3.05) is 18.8 Å². The highest BCUT2D eigenvalue weighted by molar-refractivity contribution is 7.89. The van der Waals surface area contributed by atoms with Crippen LogP contribution in [-0.4, -0.2) is 27.3 Å². The molecule has 0 unspecified atom stereocenters. The maximum absolute atomic E-state index is 10.6. The Balaban J connectivity index is 2.13. The number of nitrogens with one attached hydrogen (secondary N) is 1. The third-order valence-corrected chi connectivity index (χ3v) is 2.77. The Morgan fingerprint density at radius 3 is 2.40 bits per heavy atom. The summed E-state index contributed by atoms with van der Waals surface area (Å²) >= 11 is 0. The second-order valence-electron chi connectivity index (χ2n) is 3.35. The van der Waals surface area contributed by atoms with Crippen LogP contribution in [0.5, 0.6) is 0 Å². The van der Waals surface area contributed by atoms with E-state index in [1.54, 1.807) is 0 Å². The highest BCUT2D eigenvalue weighted by atomic mass is 32.2. The van der Waals surface area contributed by atoms with E-state index in [0.29, 0.717) is 6.54 Å². The van der Waals surface area contributed by atoms with Gasteiger partial charge < -0.3 is 5.32 Å². The van der Waals surface area contributed by atoms with Crippen LogP contribution in [0.1, 0.15) is 5.56 Å². The summed E-state index contributed by atoms with van der Waals surface area (Å²) in [4.78, 5) is 0. The van der Waals surface area contributed by atoms with Crippen LogP contribution >= 0.6 is 0 Å². The lowest BCUT2D eigenvalue weighted by Gasteiger charge is -2.03. The molecule has 0 aliphatic heterocycles. The summed E-state index contributed by atoms with van der Waals surface area (Å²) in [7, 11) is -3.33. The molecule has 0 heterocycles. The molecule has 1 aromatic carbocycles. The normalized spacial score (nSPS) is 11.5. The molecule has 0 bridgehead atoms. The molecule has 0 aliphatic carbocycles.